The van der Waals surface area contributed by atoms with Gasteiger partial charge >= 0.3 is 11.9 Å². The number of ether oxygens (including phenoxy) is 2. The number of nitrogens with zero attached hydrogens (tertiary/aromatic N) is 2. The molecule has 9 nitrogen and oxygen atoms in total. The van der Waals surface area contributed by atoms with E-state index >= 15 is 0 Å². The number of aryl methyl sites for hydroxylation is 2. The molecule has 3 aromatic rings. The summed E-state index contributed by atoms with van der Waals surface area (Å²) in [6, 6.07) is 9.31. The van der Waals surface area contributed by atoms with Gasteiger partial charge in [0.05, 0.1) is 37.6 Å². The van der Waals surface area contributed by atoms with Gasteiger partial charge in [-0.05, 0) is 50.2 Å². The van der Waals surface area contributed by atoms with E-state index in [1.165, 1.54) is 32.4 Å². The molecule has 0 saturated heterocycles. The zero-order chi connectivity index (χ0) is 21.8. The van der Waals surface area contributed by atoms with Crippen LogP contribution in [0.3, 0.4) is 0 Å². The van der Waals surface area contributed by atoms with Crippen molar-refractivity contribution in [2.45, 2.75) is 20.4 Å². The molecule has 156 valence electrons. The number of hydrogen-bond acceptors (Lipinski definition) is 7. The molecule has 0 bridgehead atoms. The van der Waals surface area contributed by atoms with Gasteiger partial charge < -0.3 is 19.2 Å². The fraction of sp³-hybridized carbons (Fsp3) is 0.238. The predicted molar refractivity (Wildman–Crippen MR) is 107 cm³/mol. The van der Waals surface area contributed by atoms with Crippen LogP contribution in [-0.4, -0.2) is 41.8 Å². The highest BCUT2D eigenvalue weighted by Crippen LogP contribution is 2.19. The van der Waals surface area contributed by atoms with E-state index in [0.717, 1.165) is 11.4 Å². The zero-order valence-corrected chi connectivity index (χ0v) is 17.0. The minimum absolute atomic E-state index is 0.0784. The van der Waals surface area contributed by atoms with E-state index in [1.54, 1.807) is 16.8 Å². The Bertz CT molecular complexity index is 1080. The molecule has 0 spiro atoms. The Balaban J connectivity index is 1.80. The number of carbonyl (C=O) groups excluding carboxylic acids is 3. The second kappa shape index (κ2) is 8.64. The molecule has 0 aliphatic rings. The number of rotatable bonds is 6. The van der Waals surface area contributed by atoms with E-state index in [2.05, 4.69) is 19.9 Å². The molecular weight excluding hydrogens is 390 g/mol. The average molecular weight is 411 g/mol. The minimum Gasteiger partial charge on any atom is -0.465 e. The Kier molecular flexibility index (Phi) is 6.01. The van der Waals surface area contributed by atoms with Crippen LogP contribution in [-0.2, 0) is 16.0 Å². The molecule has 2 aromatic heterocycles. The number of hydrogen-bond donors (Lipinski definition) is 1. The molecule has 0 aliphatic carbocycles. The van der Waals surface area contributed by atoms with Crippen molar-refractivity contribution in [2.24, 2.45) is 0 Å². The minimum atomic E-state index is -0.651. The second-order valence-electron chi connectivity index (χ2n) is 6.59. The van der Waals surface area contributed by atoms with Crippen molar-refractivity contribution in [2.75, 3.05) is 19.5 Å². The van der Waals surface area contributed by atoms with Gasteiger partial charge in [-0.15, -0.1) is 0 Å². The Morgan fingerprint density at radius 1 is 1.00 bits per heavy atom. The van der Waals surface area contributed by atoms with Crippen molar-refractivity contribution in [3.63, 3.8) is 0 Å². The normalized spacial score (nSPS) is 10.5. The molecule has 0 saturated carbocycles. The van der Waals surface area contributed by atoms with Gasteiger partial charge in [0.25, 0.3) is 5.91 Å². The number of esters is 2. The lowest BCUT2D eigenvalue weighted by Gasteiger charge is -2.09. The number of furan rings is 1. The quantitative estimate of drug-likeness (QED) is 0.621. The van der Waals surface area contributed by atoms with Gasteiger partial charge in [-0.1, -0.05) is 0 Å². The van der Waals surface area contributed by atoms with Crippen LogP contribution in [0.4, 0.5) is 5.69 Å². The van der Waals surface area contributed by atoms with Gasteiger partial charge in [0, 0.05) is 11.4 Å². The van der Waals surface area contributed by atoms with Gasteiger partial charge in [-0.2, -0.15) is 5.10 Å². The third-order valence-electron chi connectivity index (χ3n) is 4.33. The van der Waals surface area contributed by atoms with Crippen molar-refractivity contribution in [3.8, 4) is 0 Å². The van der Waals surface area contributed by atoms with Crippen LogP contribution in [0.1, 0.15) is 48.4 Å². The Morgan fingerprint density at radius 3 is 2.17 bits per heavy atom. The highest BCUT2D eigenvalue weighted by atomic mass is 16.5. The molecule has 1 N–H and O–H groups in total. The van der Waals surface area contributed by atoms with Gasteiger partial charge in [-0.3, -0.25) is 9.48 Å². The lowest BCUT2D eigenvalue weighted by atomic mass is 10.1. The molecule has 30 heavy (non-hydrogen) atoms. The summed E-state index contributed by atoms with van der Waals surface area (Å²) < 4.78 is 16.8. The van der Waals surface area contributed by atoms with Crippen LogP contribution in [0.5, 0.6) is 0 Å². The SMILES string of the molecule is COC(=O)c1cc(NC(=O)c2ccc(Cn3nc(C)cc3C)o2)cc(C(=O)OC)c1. The maximum absolute atomic E-state index is 12.6. The number of carbonyl (C=O) groups is 3. The van der Waals surface area contributed by atoms with E-state index in [9.17, 15) is 14.4 Å². The number of benzene rings is 1. The molecule has 3 rings (SSSR count). The van der Waals surface area contributed by atoms with Crippen LogP contribution in [0.25, 0.3) is 0 Å². The third-order valence-corrected chi connectivity index (χ3v) is 4.33. The Morgan fingerprint density at radius 2 is 1.63 bits per heavy atom. The standard InChI is InChI=1S/C21H21N3O6/c1-12-7-13(2)24(23-12)11-17-5-6-18(30-17)19(25)22-16-9-14(20(26)28-3)8-15(10-16)21(27)29-4/h5-10H,11H2,1-4H3,(H,22,25). The maximum atomic E-state index is 12.6. The fourth-order valence-electron chi connectivity index (χ4n) is 2.93. The molecule has 2 heterocycles. The van der Waals surface area contributed by atoms with Crippen molar-refractivity contribution in [1.29, 1.82) is 0 Å². The smallest absolute Gasteiger partial charge is 0.337 e. The van der Waals surface area contributed by atoms with Crippen molar-refractivity contribution in [1.82, 2.24) is 9.78 Å². The number of aromatic nitrogens is 2. The summed E-state index contributed by atoms with van der Waals surface area (Å²) in [6.07, 6.45) is 0. The van der Waals surface area contributed by atoms with Crippen molar-refractivity contribution < 1.29 is 28.3 Å². The van der Waals surface area contributed by atoms with Crippen LogP contribution < -0.4 is 5.32 Å². The molecule has 0 radical (unpaired) electrons. The molecule has 1 aromatic carbocycles. The topological polar surface area (TPSA) is 113 Å². The van der Waals surface area contributed by atoms with E-state index in [0.29, 0.717) is 12.3 Å². The van der Waals surface area contributed by atoms with Crippen molar-refractivity contribution >= 4 is 23.5 Å². The van der Waals surface area contributed by atoms with E-state index in [4.69, 9.17) is 4.42 Å². The average Bonchev–Trinajstić information content (AvgIpc) is 3.32. The summed E-state index contributed by atoms with van der Waals surface area (Å²) in [5.74, 6) is -1.20. The summed E-state index contributed by atoms with van der Waals surface area (Å²) >= 11 is 0. The first-order valence-corrected chi connectivity index (χ1v) is 9.03. The number of amides is 1. The third kappa shape index (κ3) is 4.57. The highest BCUT2D eigenvalue weighted by molar-refractivity contribution is 6.04. The second-order valence-corrected chi connectivity index (χ2v) is 6.59. The maximum Gasteiger partial charge on any atom is 0.337 e. The predicted octanol–water partition coefficient (Wildman–Crippen LogP) is 2.97. The highest BCUT2D eigenvalue weighted by Gasteiger charge is 2.17. The summed E-state index contributed by atoms with van der Waals surface area (Å²) in [6.45, 7) is 4.22. The largest absolute Gasteiger partial charge is 0.465 e. The molecule has 0 fully saturated rings. The first-order valence-electron chi connectivity index (χ1n) is 9.03. The van der Waals surface area contributed by atoms with Crippen molar-refractivity contribution in [3.05, 3.63) is 70.4 Å². The first kappa shape index (κ1) is 20.8. The molecular formula is C21H21N3O6. The number of nitrogens with one attached hydrogen (secondary N) is 1. The number of methoxy groups -OCH3 is 2. The van der Waals surface area contributed by atoms with Gasteiger partial charge in [0.15, 0.2) is 5.76 Å². The molecule has 9 heteroatoms. The Labute approximate surface area is 172 Å². The molecule has 0 unspecified atom stereocenters. The van der Waals surface area contributed by atoms with E-state index in [1.807, 2.05) is 19.9 Å². The molecule has 1 amide bonds. The summed E-state index contributed by atoms with van der Waals surface area (Å²) in [4.78, 5) is 36.3. The van der Waals surface area contributed by atoms with Crippen LogP contribution in [0.2, 0.25) is 0 Å². The monoisotopic (exact) mass is 411 g/mol. The van der Waals surface area contributed by atoms with Crippen LogP contribution >= 0.6 is 0 Å². The Hall–Kier alpha value is -3.88. The number of anilines is 1. The van der Waals surface area contributed by atoms with E-state index in [-0.39, 0.29) is 22.6 Å². The van der Waals surface area contributed by atoms with E-state index < -0.39 is 17.8 Å². The lowest BCUT2D eigenvalue weighted by Crippen LogP contribution is -2.14. The summed E-state index contributed by atoms with van der Waals surface area (Å²) in [7, 11) is 2.44. The first-order chi connectivity index (χ1) is 14.3. The molecule has 0 aliphatic heterocycles. The summed E-state index contributed by atoms with van der Waals surface area (Å²) in [5, 5.41) is 6.98. The van der Waals surface area contributed by atoms with Crippen LogP contribution in [0, 0.1) is 13.8 Å². The molecule has 0 atom stereocenters. The van der Waals surface area contributed by atoms with Gasteiger partial charge in [0.1, 0.15) is 5.76 Å². The fourth-order valence-corrected chi connectivity index (χ4v) is 2.93. The van der Waals surface area contributed by atoms with Crippen LogP contribution in [0.15, 0.2) is 40.8 Å². The zero-order valence-electron chi connectivity index (χ0n) is 17.0. The van der Waals surface area contributed by atoms with Gasteiger partial charge in [-0.25, -0.2) is 9.59 Å². The lowest BCUT2D eigenvalue weighted by molar-refractivity contribution is 0.0599. The summed E-state index contributed by atoms with van der Waals surface area (Å²) in [5.41, 5.74) is 2.29. The van der Waals surface area contributed by atoms with Gasteiger partial charge in [0.2, 0.25) is 0 Å².